The number of carbonyl (C=O) groups excluding carboxylic acids is 1. The predicted molar refractivity (Wildman–Crippen MR) is 61.2 cm³/mol. The van der Waals surface area contributed by atoms with E-state index in [1.54, 1.807) is 0 Å². The molecule has 2 unspecified atom stereocenters. The van der Waals surface area contributed by atoms with Crippen LogP contribution in [0, 0.1) is 11.8 Å². The second-order valence-corrected chi connectivity index (χ2v) is 4.55. The molecule has 0 aliphatic carbocycles. The monoisotopic (exact) mass is 199 g/mol. The molecule has 14 heavy (non-hydrogen) atoms. The SMILES string of the molecule is CCCCC(=O)N1CC(C)C(CC)C1.[HH]. The Morgan fingerprint density at radius 1 is 1.43 bits per heavy atom. The van der Waals surface area contributed by atoms with Crippen molar-refractivity contribution < 1.29 is 6.22 Å². The summed E-state index contributed by atoms with van der Waals surface area (Å²) >= 11 is 0. The van der Waals surface area contributed by atoms with Gasteiger partial charge in [0.15, 0.2) is 0 Å². The van der Waals surface area contributed by atoms with Gasteiger partial charge in [0, 0.05) is 20.9 Å². The van der Waals surface area contributed by atoms with Gasteiger partial charge in [-0.25, -0.2) is 0 Å². The van der Waals surface area contributed by atoms with Crippen LogP contribution in [0.2, 0.25) is 0 Å². The van der Waals surface area contributed by atoms with Gasteiger partial charge in [-0.1, -0.05) is 33.6 Å². The predicted octanol–water partition coefficient (Wildman–Crippen LogP) is 2.93. The Labute approximate surface area is 89.2 Å². The number of hydrogen-bond acceptors (Lipinski definition) is 1. The van der Waals surface area contributed by atoms with Gasteiger partial charge in [0.2, 0.25) is 5.91 Å². The van der Waals surface area contributed by atoms with Crippen molar-refractivity contribution in [2.45, 2.75) is 46.5 Å². The van der Waals surface area contributed by atoms with Gasteiger partial charge in [0.1, 0.15) is 0 Å². The number of amides is 1. The lowest BCUT2D eigenvalue weighted by Crippen LogP contribution is -2.28. The van der Waals surface area contributed by atoms with E-state index in [0.29, 0.717) is 11.8 Å². The van der Waals surface area contributed by atoms with Gasteiger partial charge in [-0.3, -0.25) is 4.79 Å². The van der Waals surface area contributed by atoms with E-state index in [2.05, 4.69) is 25.7 Å². The van der Waals surface area contributed by atoms with E-state index in [0.717, 1.165) is 38.3 Å². The molecule has 84 valence electrons. The van der Waals surface area contributed by atoms with Crippen LogP contribution in [0.5, 0.6) is 0 Å². The first-order chi connectivity index (χ1) is 6.69. The van der Waals surface area contributed by atoms with E-state index in [1.165, 1.54) is 6.42 Å². The zero-order valence-corrected chi connectivity index (χ0v) is 9.75. The van der Waals surface area contributed by atoms with Crippen LogP contribution in [0.4, 0.5) is 0 Å². The summed E-state index contributed by atoms with van der Waals surface area (Å²) in [5, 5.41) is 0. The van der Waals surface area contributed by atoms with Crippen molar-refractivity contribution in [3.05, 3.63) is 0 Å². The van der Waals surface area contributed by atoms with Crippen LogP contribution in [-0.2, 0) is 4.79 Å². The van der Waals surface area contributed by atoms with E-state index in [4.69, 9.17) is 0 Å². The van der Waals surface area contributed by atoms with Gasteiger partial charge in [-0.2, -0.15) is 0 Å². The smallest absolute Gasteiger partial charge is 0.222 e. The summed E-state index contributed by atoms with van der Waals surface area (Å²) in [7, 11) is 0. The third-order valence-electron chi connectivity index (χ3n) is 3.39. The zero-order valence-electron chi connectivity index (χ0n) is 9.75. The third kappa shape index (κ3) is 2.73. The third-order valence-corrected chi connectivity index (χ3v) is 3.39. The Morgan fingerprint density at radius 3 is 2.64 bits per heavy atom. The number of rotatable bonds is 4. The molecule has 0 aromatic heterocycles. The molecule has 0 bridgehead atoms. The molecule has 1 fully saturated rings. The second-order valence-electron chi connectivity index (χ2n) is 4.55. The van der Waals surface area contributed by atoms with Gasteiger partial charge >= 0.3 is 0 Å². The maximum absolute atomic E-state index is 11.7. The average Bonchev–Trinajstić information content (AvgIpc) is 2.56. The molecule has 0 aromatic carbocycles. The highest BCUT2D eigenvalue weighted by molar-refractivity contribution is 5.76. The van der Waals surface area contributed by atoms with Crippen LogP contribution in [0.3, 0.4) is 0 Å². The molecule has 2 nitrogen and oxygen atoms in total. The fourth-order valence-electron chi connectivity index (χ4n) is 2.26. The number of unbranched alkanes of at least 4 members (excludes halogenated alkanes) is 1. The van der Waals surface area contributed by atoms with Crippen molar-refractivity contribution in [2.75, 3.05) is 13.1 Å². The van der Waals surface area contributed by atoms with Crippen molar-refractivity contribution in [3.63, 3.8) is 0 Å². The van der Waals surface area contributed by atoms with Crippen LogP contribution < -0.4 is 0 Å². The van der Waals surface area contributed by atoms with Crippen molar-refractivity contribution in [1.29, 1.82) is 0 Å². The molecule has 0 aromatic rings. The van der Waals surface area contributed by atoms with Gasteiger partial charge in [0.05, 0.1) is 0 Å². The van der Waals surface area contributed by atoms with Crippen molar-refractivity contribution in [1.82, 2.24) is 4.90 Å². The Hall–Kier alpha value is -0.530. The minimum atomic E-state index is 0. The van der Waals surface area contributed by atoms with Gasteiger partial charge in [-0.05, 0) is 18.3 Å². The minimum Gasteiger partial charge on any atom is -0.342 e. The summed E-state index contributed by atoms with van der Waals surface area (Å²) in [5.41, 5.74) is 0. The Morgan fingerprint density at radius 2 is 2.14 bits per heavy atom. The number of likely N-dealkylation sites (tertiary alicyclic amines) is 1. The summed E-state index contributed by atoms with van der Waals surface area (Å²) in [6.45, 7) is 8.61. The second kappa shape index (κ2) is 5.38. The van der Waals surface area contributed by atoms with E-state index < -0.39 is 0 Å². The molecule has 0 radical (unpaired) electrons. The van der Waals surface area contributed by atoms with Crippen molar-refractivity contribution >= 4 is 5.91 Å². The summed E-state index contributed by atoms with van der Waals surface area (Å²) in [4.78, 5) is 13.8. The largest absolute Gasteiger partial charge is 0.342 e. The van der Waals surface area contributed by atoms with E-state index in [-0.39, 0.29) is 1.43 Å². The zero-order chi connectivity index (χ0) is 10.6. The molecule has 2 heteroatoms. The van der Waals surface area contributed by atoms with Gasteiger partial charge < -0.3 is 4.90 Å². The van der Waals surface area contributed by atoms with Crippen molar-refractivity contribution in [2.24, 2.45) is 11.8 Å². The lowest BCUT2D eigenvalue weighted by molar-refractivity contribution is -0.130. The molecule has 1 aliphatic rings. The topological polar surface area (TPSA) is 20.3 Å². The van der Waals surface area contributed by atoms with Crippen LogP contribution in [0.15, 0.2) is 0 Å². The molecule has 0 saturated carbocycles. The Kier molecular flexibility index (Phi) is 4.43. The summed E-state index contributed by atoms with van der Waals surface area (Å²) in [5.74, 6) is 1.81. The highest BCUT2D eigenvalue weighted by Crippen LogP contribution is 2.25. The van der Waals surface area contributed by atoms with Crippen LogP contribution >= 0.6 is 0 Å². The molecule has 1 aliphatic heterocycles. The summed E-state index contributed by atoms with van der Waals surface area (Å²) in [6, 6.07) is 0. The number of nitrogens with zero attached hydrogens (tertiary/aromatic N) is 1. The molecular weight excluding hydrogens is 174 g/mol. The van der Waals surface area contributed by atoms with E-state index >= 15 is 0 Å². The summed E-state index contributed by atoms with van der Waals surface area (Å²) < 4.78 is 0. The first kappa shape index (κ1) is 11.5. The van der Waals surface area contributed by atoms with E-state index in [1.807, 2.05) is 0 Å². The summed E-state index contributed by atoms with van der Waals surface area (Å²) in [6.07, 6.45) is 4.12. The lowest BCUT2D eigenvalue weighted by atomic mass is 9.96. The quantitative estimate of drug-likeness (QED) is 0.681. The lowest BCUT2D eigenvalue weighted by Gasteiger charge is -2.15. The molecule has 1 rings (SSSR count). The molecule has 0 spiro atoms. The van der Waals surface area contributed by atoms with Crippen LogP contribution in [0.25, 0.3) is 0 Å². The van der Waals surface area contributed by atoms with Gasteiger partial charge in [-0.15, -0.1) is 0 Å². The normalized spacial score (nSPS) is 26.9. The molecule has 1 amide bonds. The average molecular weight is 199 g/mol. The van der Waals surface area contributed by atoms with Crippen molar-refractivity contribution in [3.8, 4) is 0 Å². The number of carbonyl (C=O) groups is 1. The number of hydrogen-bond donors (Lipinski definition) is 0. The fraction of sp³-hybridized carbons (Fsp3) is 0.917. The fourth-order valence-corrected chi connectivity index (χ4v) is 2.26. The highest BCUT2D eigenvalue weighted by atomic mass is 16.2. The maximum Gasteiger partial charge on any atom is 0.222 e. The molecule has 1 saturated heterocycles. The first-order valence-electron chi connectivity index (χ1n) is 5.96. The molecule has 1 heterocycles. The first-order valence-corrected chi connectivity index (χ1v) is 5.96. The van der Waals surface area contributed by atoms with Crippen LogP contribution in [0.1, 0.15) is 47.9 Å². The van der Waals surface area contributed by atoms with Gasteiger partial charge in [0.25, 0.3) is 0 Å². The highest BCUT2D eigenvalue weighted by Gasteiger charge is 2.30. The van der Waals surface area contributed by atoms with Crippen LogP contribution in [-0.4, -0.2) is 23.9 Å². The standard InChI is InChI=1S/C12H23NO.H2/c1-4-6-7-12(14)13-8-10(3)11(5-2)9-13;/h10-11H,4-9H2,1-3H3;1H. The van der Waals surface area contributed by atoms with E-state index in [9.17, 15) is 4.79 Å². The maximum atomic E-state index is 11.7. The molecular formula is C12H25NO. The molecule has 0 N–H and O–H groups in total. The molecule has 2 atom stereocenters. The minimum absolute atomic E-state index is 0. The Balaban J connectivity index is 0.00000196. The Bertz CT molecular complexity index is 196.